The molecule has 4 amide bonds. The number of benzene rings is 1. The highest BCUT2D eigenvalue weighted by Gasteiger charge is 2.39. The number of carbonyl (C=O) groups excluding carboxylic acids is 4. The van der Waals surface area contributed by atoms with Crippen molar-refractivity contribution >= 4 is 73.8 Å². The molecule has 0 saturated carbocycles. The van der Waals surface area contributed by atoms with Crippen molar-refractivity contribution in [1.82, 2.24) is 20.9 Å². The standard InChI is InChI=1S/C23H30IN5O8S2/c24-12-6-11(3-4-18(12)31)7-13(25)19(32)27-15-9-38-39-10-16(23(36)37)28-21(34)17-2-1-5-29(17)22(35)14(8-30)26-20(15)33/h3-4,6,13-17,30-31H,1-2,5,7-10,25H2,(H,26,33)(H,27,32)(H,28,34)(H,36,37)/t13-,14-,15-,16-,17-/m0/s1. The molecule has 3 rings (SSSR count). The molecule has 2 aliphatic rings. The zero-order chi connectivity index (χ0) is 28.7. The fraction of sp³-hybridized carbons (Fsp3) is 0.522. The number of aliphatic hydroxyl groups is 1. The van der Waals surface area contributed by atoms with E-state index in [1.165, 1.54) is 11.0 Å². The number of carboxylic acids is 1. The largest absolute Gasteiger partial charge is 0.507 e. The third-order valence-corrected chi connectivity index (χ3v) is 9.53. The van der Waals surface area contributed by atoms with E-state index in [2.05, 4.69) is 16.0 Å². The summed E-state index contributed by atoms with van der Waals surface area (Å²) in [7, 11) is 2.20. The number of carboxylic acid groups (broad SMARTS) is 1. The van der Waals surface area contributed by atoms with Crippen molar-refractivity contribution in [2.45, 2.75) is 49.5 Å². The van der Waals surface area contributed by atoms with E-state index in [9.17, 15) is 39.3 Å². The Bertz CT molecular complexity index is 1110. The van der Waals surface area contributed by atoms with Crippen molar-refractivity contribution in [2.75, 3.05) is 24.7 Å². The van der Waals surface area contributed by atoms with Crippen LogP contribution in [0.4, 0.5) is 0 Å². The maximum atomic E-state index is 13.2. The number of nitrogens with one attached hydrogen (secondary N) is 3. The highest BCUT2D eigenvalue weighted by Crippen LogP contribution is 2.25. The molecular weight excluding hydrogens is 665 g/mol. The first-order chi connectivity index (χ1) is 18.5. The van der Waals surface area contributed by atoms with Crippen LogP contribution < -0.4 is 21.7 Å². The molecule has 5 atom stereocenters. The van der Waals surface area contributed by atoms with Gasteiger partial charge >= 0.3 is 5.97 Å². The van der Waals surface area contributed by atoms with Crippen molar-refractivity contribution in [2.24, 2.45) is 5.73 Å². The summed E-state index contributed by atoms with van der Waals surface area (Å²) in [6.45, 7) is -0.536. The summed E-state index contributed by atoms with van der Waals surface area (Å²) in [4.78, 5) is 64.9. The topological polar surface area (TPSA) is 211 Å². The van der Waals surface area contributed by atoms with E-state index in [0.717, 1.165) is 21.6 Å². The van der Waals surface area contributed by atoms with Gasteiger partial charge in [-0.15, -0.1) is 0 Å². The Morgan fingerprint density at radius 2 is 1.90 bits per heavy atom. The molecule has 0 aromatic heterocycles. The summed E-state index contributed by atoms with van der Waals surface area (Å²) in [6, 6.07) is -0.904. The number of hydrogen-bond acceptors (Lipinski definition) is 10. The first-order valence-corrected chi connectivity index (χ1v) is 15.6. The Hall–Kier alpha value is -2.28. The van der Waals surface area contributed by atoms with Crippen LogP contribution in [0.3, 0.4) is 0 Å². The summed E-state index contributed by atoms with van der Waals surface area (Å²) in [6.07, 6.45) is 0.940. The second kappa shape index (κ2) is 14.4. The summed E-state index contributed by atoms with van der Waals surface area (Å²) in [5.41, 5.74) is 6.78. The quantitative estimate of drug-likeness (QED) is 0.139. The van der Waals surface area contributed by atoms with Gasteiger partial charge in [0.25, 0.3) is 0 Å². The Morgan fingerprint density at radius 1 is 1.18 bits per heavy atom. The SMILES string of the molecule is N[C@@H](Cc1ccc(O)c(I)c1)C(=O)N[C@H]1CSSC[C@@H](C(=O)O)NC(=O)[C@@H]2CCCN2C(=O)[C@H](CO)NC1=O. The molecule has 1 aromatic rings. The van der Waals surface area contributed by atoms with Crippen LogP contribution in [0.1, 0.15) is 18.4 Å². The summed E-state index contributed by atoms with van der Waals surface area (Å²) >= 11 is 1.95. The molecule has 2 fully saturated rings. The van der Waals surface area contributed by atoms with E-state index in [4.69, 9.17) is 5.73 Å². The molecule has 0 radical (unpaired) electrons. The van der Waals surface area contributed by atoms with E-state index in [1.54, 1.807) is 12.1 Å². The van der Waals surface area contributed by atoms with Crippen LogP contribution in [0.2, 0.25) is 0 Å². The lowest BCUT2D eigenvalue weighted by Gasteiger charge is -2.30. The molecule has 214 valence electrons. The van der Waals surface area contributed by atoms with Crippen LogP contribution in [0.5, 0.6) is 5.75 Å². The molecule has 16 heteroatoms. The van der Waals surface area contributed by atoms with Crippen LogP contribution in [0, 0.1) is 3.57 Å². The van der Waals surface area contributed by atoms with Gasteiger partial charge in [0.2, 0.25) is 23.6 Å². The molecule has 2 aliphatic heterocycles. The number of phenolic OH excluding ortho intramolecular Hbond substituents is 1. The predicted octanol–water partition coefficient (Wildman–Crippen LogP) is -1.22. The Balaban J connectivity index is 1.77. The van der Waals surface area contributed by atoms with Gasteiger partial charge in [-0.1, -0.05) is 27.7 Å². The van der Waals surface area contributed by atoms with Gasteiger partial charge in [0.1, 0.15) is 29.9 Å². The first kappa shape index (κ1) is 31.3. The van der Waals surface area contributed by atoms with Gasteiger partial charge in [0.05, 0.1) is 16.2 Å². The van der Waals surface area contributed by atoms with Crippen LogP contribution in [0.15, 0.2) is 18.2 Å². The summed E-state index contributed by atoms with van der Waals surface area (Å²) in [5.74, 6) is -3.84. The number of phenols is 1. The zero-order valence-electron chi connectivity index (χ0n) is 20.7. The smallest absolute Gasteiger partial charge is 0.327 e. The number of nitrogens with zero attached hydrogens (tertiary/aromatic N) is 1. The number of rotatable bonds is 6. The van der Waals surface area contributed by atoms with Crippen LogP contribution >= 0.6 is 44.2 Å². The predicted molar refractivity (Wildman–Crippen MR) is 153 cm³/mol. The highest BCUT2D eigenvalue weighted by atomic mass is 127. The van der Waals surface area contributed by atoms with E-state index in [-0.39, 0.29) is 30.2 Å². The lowest BCUT2D eigenvalue weighted by atomic mass is 10.1. The van der Waals surface area contributed by atoms with Crippen molar-refractivity contribution in [3.05, 3.63) is 27.3 Å². The number of hydrogen-bond donors (Lipinski definition) is 7. The van der Waals surface area contributed by atoms with Crippen molar-refractivity contribution in [3.63, 3.8) is 0 Å². The van der Waals surface area contributed by atoms with Gasteiger partial charge < -0.3 is 41.9 Å². The maximum Gasteiger partial charge on any atom is 0.327 e. The van der Waals surface area contributed by atoms with Gasteiger partial charge in [0, 0.05) is 18.1 Å². The molecule has 2 heterocycles. The average Bonchev–Trinajstić information content (AvgIpc) is 3.39. The maximum absolute atomic E-state index is 13.2. The fourth-order valence-electron chi connectivity index (χ4n) is 4.12. The lowest BCUT2D eigenvalue weighted by Crippen LogP contribution is -2.60. The highest BCUT2D eigenvalue weighted by molar-refractivity contribution is 14.1. The van der Waals surface area contributed by atoms with E-state index < -0.39 is 66.4 Å². The molecule has 0 aliphatic carbocycles. The van der Waals surface area contributed by atoms with E-state index in [0.29, 0.717) is 22.0 Å². The van der Waals surface area contributed by atoms with Crippen LogP contribution in [-0.2, 0) is 30.4 Å². The lowest BCUT2D eigenvalue weighted by molar-refractivity contribution is -0.145. The number of carbonyl (C=O) groups is 5. The third-order valence-electron chi connectivity index (χ3n) is 6.24. The molecule has 0 unspecified atom stereocenters. The fourth-order valence-corrected chi connectivity index (χ4v) is 7.02. The first-order valence-electron chi connectivity index (χ1n) is 12.0. The van der Waals surface area contributed by atoms with Gasteiger partial charge in [-0.2, -0.15) is 0 Å². The number of aliphatic carboxylic acids is 1. The summed E-state index contributed by atoms with van der Waals surface area (Å²) < 4.78 is 0.590. The molecule has 0 spiro atoms. The number of halogens is 1. The summed E-state index contributed by atoms with van der Waals surface area (Å²) in [5, 5.41) is 36.7. The van der Waals surface area contributed by atoms with E-state index >= 15 is 0 Å². The zero-order valence-corrected chi connectivity index (χ0v) is 24.5. The minimum atomic E-state index is -1.37. The minimum absolute atomic E-state index is 0.00890. The molecule has 2 saturated heterocycles. The van der Waals surface area contributed by atoms with Gasteiger partial charge in [-0.05, 0) is 59.5 Å². The third kappa shape index (κ3) is 8.36. The Kier molecular flexibility index (Phi) is 11.5. The number of aromatic hydroxyl groups is 1. The molecular formula is C23H30IN5O8S2. The number of amides is 4. The number of aliphatic hydroxyl groups excluding tert-OH is 1. The molecule has 1 aromatic carbocycles. The molecule has 39 heavy (non-hydrogen) atoms. The monoisotopic (exact) mass is 695 g/mol. The molecule has 0 bridgehead atoms. The molecule has 8 N–H and O–H groups in total. The van der Waals surface area contributed by atoms with Gasteiger partial charge in [-0.3, -0.25) is 19.2 Å². The number of nitrogens with two attached hydrogens (primary N) is 1. The molecule has 13 nitrogen and oxygen atoms in total. The second-order valence-corrected chi connectivity index (χ2v) is 12.8. The second-order valence-electron chi connectivity index (χ2n) is 9.06. The Labute approximate surface area is 245 Å². The van der Waals surface area contributed by atoms with Gasteiger partial charge in [0.15, 0.2) is 0 Å². The van der Waals surface area contributed by atoms with Crippen molar-refractivity contribution in [3.8, 4) is 5.75 Å². The normalized spacial score (nSPS) is 25.6. The Morgan fingerprint density at radius 3 is 2.56 bits per heavy atom. The van der Waals surface area contributed by atoms with Gasteiger partial charge in [-0.25, -0.2) is 4.79 Å². The van der Waals surface area contributed by atoms with Crippen molar-refractivity contribution in [1.29, 1.82) is 0 Å². The van der Waals surface area contributed by atoms with E-state index in [1.807, 2.05) is 22.6 Å². The average molecular weight is 696 g/mol. The number of fused-ring (bicyclic) bond motifs is 1. The van der Waals surface area contributed by atoms with Crippen molar-refractivity contribution < 1.29 is 39.3 Å². The van der Waals surface area contributed by atoms with Crippen LogP contribution in [-0.4, -0.2) is 105 Å². The minimum Gasteiger partial charge on any atom is -0.507 e. The van der Waals surface area contributed by atoms with Crippen LogP contribution in [0.25, 0.3) is 0 Å².